The van der Waals surface area contributed by atoms with E-state index in [0.717, 1.165) is 47.8 Å². The van der Waals surface area contributed by atoms with Gasteiger partial charge in [0.05, 0.1) is 12.5 Å². The summed E-state index contributed by atoms with van der Waals surface area (Å²) in [7, 11) is 0. The van der Waals surface area contributed by atoms with Crippen LogP contribution in [0.5, 0.6) is 0 Å². The number of esters is 2. The standard InChI is InChI=1S/C22H34O4/c1-10(2)25-20(24)9-19(26-13(5)23)17-6-14-7-18(17)22-16-8-15(21(14)22)11(3)12(16)4/h10-12,14-19,21-22H,6-9H2,1-5H3. The molecule has 0 aromatic carbocycles. The fraction of sp³-hybridized carbons (Fsp3) is 0.909. The minimum absolute atomic E-state index is 0.127. The Bertz CT molecular complexity index is 585. The molecule has 0 aromatic heterocycles. The number of hydrogen-bond acceptors (Lipinski definition) is 4. The van der Waals surface area contributed by atoms with E-state index in [9.17, 15) is 9.59 Å². The van der Waals surface area contributed by atoms with Crippen molar-refractivity contribution < 1.29 is 19.1 Å². The van der Waals surface area contributed by atoms with Gasteiger partial charge in [-0.05, 0) is 86.4 Å². The van der Waals surface area contributed by atoms with Gasteiger partial charge in [0.2, 0.25) is 0 Å². The summed E-state index contributed by atoms with van der Waals surface area (Å²) in [5, 5.41) is 0. The SMILES string of the molecule is CC(=O)OC(CC(=O)OC(C)C)C1CC2CC1C1C3CC(C(C)C3C)C21. The molecule has 4 rings (SSSR count). The van der Waals surface area contributed by atoms with Gasteiger partial charge in [0.15, 0.2) is 0 Å². The molecule has 0 amide bonds. The van der Waals surface area contributed by atoms with E-state index in [2.05, 4.69) is 13.8 Å². The summed E-state index contributed by atoms with van der Waals surface area (Å²) in [5.74, 6) is 6.37. The number of carbonyl (C=O) groups is 2. The summed E-state index contributed by atoms with van der Waals surface area (Å²) >= 11 is 0. The van der Waals surface area contributed by atoms with E-state index in [1.807, 2.05) is 13.8 Å². The van der Waals surface area contributed by atoms with E-state index < -0.39 is 0 Å². The Morgan fingerprint density at radius 2 is 1.58 bits per heavy atom. The van der Waals surface area contributed by atoms with Crippen LogP contribution in [0.2, 0.25) is 0 Å². The van der Waals surface area contributed by atoms with Gasteiger partial charge in [0, 0.05) is 6.92 Å². The molecule has 0 aromatic rings. The first-order valence-electron chi connectivity index (χ1n) is 10.6. The molecule has 10 atom stereocenters. The average molecular weight is 363 g/mol. The summed E-state index contributed by atoms with van der Waals surface area (Å²) in [6.45, 7) is 10.1. The molecule has 0 heterocycles. The van der Waals surface area contributed by atoms with E-state index >= 15 is 0 Å². The van der Waals surface area contributed by atoms with Crippen molar-refractivity contribution in [2.24, 2.45) is 53.3 Å². The molecule has 4 fully saturated rings. The summed E-state index contributed by atoms with van der Waals surface area (Å²) in [4.78, 5) is 23.9. The van der Waals surface area contributed by atoms with Crippen molar-refractivity contribution in [2.45, 2.75) is 72.5 Å². The van der Waals surface area contributed by atoms with Gasteiger partial charge >= 0.3 is 11.9 Å². The summed E-state index contributed by atoms with van der Waals surface area (Å²) in [6, 6.07) is 0. The Balaban J connectivity index is 1.50. The van der Waals surface area contributed by atoms with Crippen molar-refractivity contribution in [1.29, 1.82) is 0 Å². The predicted molar refractivity (Wildman–Crippen MR) is 98.0 cm³/mol. The lowest BCUT2D eigenvalue weighted by molar-refractivity contribution is -0.160. The quantitative estimate of drug-likeness (QED) is 0.546. The van der Waals surface area contributed by atoms with E-state index in [-0.39, 0.29) is 30.6 Å². The molecule has 4 saturated carbocycles. The van der Waals surface area contributed by atoms with Gasteiger partial charge < -0.3 is 9.47 Å². The molecule has 0 N–H and O–H groups in total. The lowest BCUT2D eigenvalue weighted by atomic mass is 9.61. The van der Waals surface area contributed by atoms with Crippen LogP contribution in [0.15, 0.2) is 0 Å². The van der Waals surface area contributed by atoms with Crippen LogP contribution < -0.4 is 0 Å². The second-order valence-corrected chi connectivity index (χ2v) is 9.89. The first-order valence-corrected chi connectivity index (χ1v) is 10.6. The Morgan fingerprint density at radius 1 is 0.923 bits per heavy atom. The van der Waals surface area contributed by atoms with Crippen LogP contribution in [-0.2, 0) is 19.1 Å². The fourth-order valence-electron chi connectivity index (χ4n) is 7.67. The molecule has 0 radical (unpaired) electrons. The van der Waals surface area contributed by atoms with Gasteiger partial charge in [0.25, 0.3) is 0 Å². The zero-order valence-electron chi connectivity index (χ0n) is 16.8. The number of rotatable bonds is 5. The number of carbonyl (C=O) groups excluding carboxylic acids is 2. The third-order valence-corrected chi connectivity index (χ3v) is 8.43. The third kappa shape index (κ3) is 2.79. The highest BCUT2D eigenvalue weighted by atomic mass is 16.6. The first kappa shape index (κ1) is 18.3. The van der Waals surface area contributed by atoms with Crippen molar-refractivity contribution in [3.63, 3.8) is 0 Å². The molecule has 4 heteroatoms. The molecule has 4 aliphatic carbocycles. The maximum Gasteiger partial charge on any atom is 0.309 e. The minimum Gasteiger partial charge on any atom is -0.463 e. The normalized spacial score (nSPS) is 46.5. The molecule has 4 bridgehead atoms. The number of fused-ring (bicyclic) bond motifs is 9. The topological polar surface area (TPSA) is 52.6 Å². The van der Waals surface area contributed by atoms with Crippen molar-refractivity contribution in [1.82, 2.24) is 0 Å². The van der Waals surface area contributed by atoms with Crippen molar-refractivity contribution in [3.8, 4) is 0 Å². The maximum absolute atomic E-state index is 12.2. The fourth-order valence-corrected chi connectivity index (χ4v) is 7.67. The van der Waals surface area contributed by atoms with Crippen LogP contribution in [0.1, 0.15) is 60.3 Å². The molecular weight excluding hydrogens is 328 g/mol. The molecular formula is C22H34O4. The largest absolute Gasteiger partial charge is 0.463 e. The highest BCUT2D eigenvalue weighted by molar-refractivity contribution is 5.71. The molecule has 4 aliphatic rings. The lowest BCUT2D eigenvalue weighted by Crippen LogP contribution is -2.43. The van der Waals surface area contributed by atoms with Crippen LogP contribution in [0.3, 0.4) is 0 Å². The van der Waals surface area contributed by atoms with Crippen LogP contribution in [-0.4, -0.2) is 24.1 Å². The molecule has 0 aliphatic heterocycles. The molecule has 146 valence electrons. The van der Waals surface area contributed by atoms with Gasteiger partial charge in [0.1, 0.15) is 6.10 Å². The average Bonchev–Trinajstić information content (AvgIpc) is 3.25. The van der Waals surface area contributed by atoms with Gasteiger partial charge in [-0.3, -0.25) is 9.59 Å². The van der Waals surface area contributed by atoms with Gasteiger partial charge in [-0.2, -0.15) is 0 Å². The van der Waals surface area contributed by atoms with E-state index in [0.29, 0.717) is 11.8 Å². The highest BCUT2D eigenvalue weighted by Gasteiger charge is 2.66. The molecule has 0 saturated heterocycles. The maximum atomic E-state index is 12.2. The summed E-state index contributed by atoms with van der Waals surface area (Å²) in [5.41, 5.74) is 0. The molecule has 26 heavy (non-hydrogen) atoms. The second-order valence-electron chi connectivity index (χ2n) is 9.89. The number of ether oxygens (including phenoxy) is 2. The summed E-state index contributed by atoms with van der Waals surface area (Å²) < 4.78 is 11.0. The van der Waals surface area contributed by atoms with Crippen molar-refractivity contribution in [3.05, 3.63) is 0 Å². The summed E-state index contributed by atoms with van der Waals surface area (Å²) in [6.07, 6.45) is 3.60. The van der Waals surface area contributed by atoms with Crippen LogP contribution in [0.25, 0.3) is 0 Å². The van der Waals surface area contributed by atoms with Gasteiger partial charge in [-0.1, -0.05) is 13.8 Å². The smallest absolute Gasteiger partial charge is 0.309 e. The predicted octanol–water partition coefficient (Wildman–Crippen LogP) is 4.07. The van der Waals surface area contributed by atoms with Crippen LogP contribution in [0.4, 0.5) is 0 Å². The molecule has 10 unspecified atom stereocenters. The van der Waals surface area contributed by atoms with Gasteiger partial charge in [-0.25, -0.2) is 0 Å². The first-order chi connectivity index (χ1) is 12.3. The Morgan fingerprint density at radius 3 is 2.19 bits per heavy atom. The van der Waals surface area contributed by atoms with Crippen molar-refractivity contribution >= 4 is 11.9 Å². The second kappa shape index (κ2) is 6.53. The zero-order chi connectivity index (χ0) is 18.7. The van der Waals surface area contributed by atoms with E-state index in [4.69, 9.17) is 9.47 Å². The lowest BCUT2D eigenvalue weighted by Gasteiger charge is -2.44. The van der Waals surface area contributed by atoms with Gasteiger partial charge in [-0.15, -0.1) is 0 Å². The monoisotopic (exact) mass is 362 g/mol. The molecule has 4 nitrogen and oxygen atoms in total. The Labute approximate surface area is 157 Å². The zero-order valence-corrected chi connectivity index (χ0v) is 16.8. The Kier molecular flexibility index (Phi) is 4.60. The van der Waals surface area contributed by atoms with Crippen LogP contribution in [0, 0.1) is 53.3 Å². The Hall–Kier alpha value is -1.06. The number of hydrogen-bond donors (Lipinski definition) is 0. The van der Waals surface area contributed by atoms with Crippen LogP contribution >= 0.6 is 0 Å². The molecule has 0 spiro atoms. The third-order valence-electron chi connectivity index (χ3n) is 8.43. The van der Waals surface area contributed by atoms with E-state index in [1.165, 1.54) is 19.8 Å². The minimum atomic E-state index is -0.304. The van der Waals surface area contributed by atoms with E-state index in [1.54, 1.807) is 0 Å². The van der Waals surface area contributed by atoms with Crippen molar-refractivity contribution in [2.75, 3.05) is 0 Å². The highest BCUT2D eigenvalue weighted by Crippen LogP contribution is 2.71.